The zero-order valence-electron chi connectivity index (χ0n) is 20.4. The van der Waals surface area contributed by atoms with E-state index in [4.69, 9.17) is 9.47 Å². The average Bonchev–Trinajstić information content (AvgIpc) is 3.26. The lowest BCUT2D eigenvalue weighted by Crippen LogP contribution is -2.45. The van der Waals surface area contributed by atoms with E-state index in [1.54, 1.807) is 19.0 Å². The second kappa shape index (κ2) is 7.79. The number of aromatic nitrogens is 1. The maximum Gasteiger partial charge on any atom is 0.242 e. The SMILES string of the molecule is CN(C)C(=O)CN(C(=O)C1(c2ccc3c(c2)OCO3)CC1)c1ccc2[nH]c(C(C)(C)C)cc2c1.[HH]. The standard InChI is InChI=1S/C27H31N3O4.H2/c1-26(2,3)23-13-17-12-19(7-8-20(17)28-23)30(15-24(31)29(4)5)25(32)27(10-11-27)18-6-9-21-22(14-18)34-16-33-21;/h6-9,12-14,28H,10-11,15-16H2,1-5H3;1H. The van der Waals surface area contributed by atoms with Crippen molar-refractivity contribution in [3.05, 3.63) is 53.7 Å². The smallest absolute Gasteiger partial charge is 0.242 e. The van der Waals surface area contributed by atoms with E-state index in [0.29, 0.717) is 11.5 Å². The molecule has 1 fully saturated rings. The molecular weight excluding hydrogens is 430 g/mol. The van der Waals surface area contributed by atoms with Crippen LogP contribution in [0.5, 0.6) is 11.5 Å². The predicted octanol–water partition coefficient (Wildman–Crippen LogP) is 4.59. The van der Waals surface area contributed by atoms with E-state index in [1.807, 2.05) is 36.4 Å². The molecule has 7 heteroatoms. The van der Waals surface area contributed by atoms with Crippen molar-refractivity contribution in [1.29, 1.82) is 0 Å². The number of nitrogens with zero attached hydrogens (tertiary/aromatic N) is 2. The minimum absolute atomic E-state index is 0. The predicted molar refractivity (Wildman–Crippen MR) is 134 cm³/mol. The zero-order valence-corrected chi connectivity index (χ0v) is 20.4. The summed E-state index contributed by atoms with van der Waals surface area (Å²) in [4.78, 5) is 33.5. The summed E-state index contributed by atoms with van der Waals surface area (Å²) in [5.41, 5.74) is 3.09. The second-order valence-electron chi connectivity index (χ2n) is 10.5. The Morgan fingerprint density at radius 1 is 1.03 bits per heavy atom. The van der Waals surface area contributed by atoms with Crippen molar-refractivity contribution >= 4 is 28.4 Å². The van der Waals surface area contributed by atoms with Crippen LogP contribution in [0.25, 0.3) is 10.9 Å². The molecule has 7 nitrogen and oxygen atoms in total. The largest absolute Gasteiger partial charge is 0.454 e. The first-order valence-electron chi connectivity index (χ1n) is 11.6. The van der Waals surface area contributed by atoms with Crippen LogP contribution in [0, 0.1) is 0 Å². The van der Waals surface area contributed by atoms with E-state index in [9.17, 15) is 9.59 Å². The molecule has 1 saturated carbocycles. The van der Waals surface area contributed by atoms with Gasteiger partial charge in [-0.3, -0.25) is 9.59 Å². The number of rotatable bonds is 5. The highest BCUT2D eigenvalue weighted by molar-refractivity contribution is 6.07. The summed E-state index contributed by atoms with van der Waals surface area (Å²) >= 11 is 0. The monoisotopic (exact) mass is 463 g/mol. The number of ether oxygens (including phenoxy) is 2. The lowest BCUT2D eigenvalue weighted by atomic mass is 9.92. The third kappa shape index (κ3) is 3.79. The summed E-state index contributed by atoms with van der Waals surface area (Å²) < 4.78 is 11.0. The van der Waals surface area contributed by atoms with Gasteiger partial charge in [0.15, 0.2) is 11.5 Å². The van der Waals surface area contributed by atoms with Crippen LogP contribution in [-0.2, 0) is 20.4 Å². The number of nitrogens with one attached hydrogen (secondary N) is 1. The van der Waals surface area contributed by atoms with E-state index in [0.717, 1.165) is 40.7 Å². The molecule has 2 amide bonds. The van der Waals surface area contributed by atoms with Gasteiger partial charge in [-0.25, -0.2) is 0 Å². The molecule has 5 rings (SSSR count). The van der Waals surface area contributed by atoms with E-state index >= 15 is 0 Å². The quantitative estimate of drug-likeness (QED) is 0.600. The fourth-order valence-corrected chi connectivity index (χ4v) is 4.45. The highest BCUT2D eigenvalue weighted by atomic mass is 16.7. The number of likely N-dealkylation sites (N-methyl/N-ethyl adjacent to an activating group) is 1. The van der Waals surface area contributed by atoms with Gasteiger partial charge in [0.05, 0.1) is 5.41 Å². The van der Waals surface area contributed by atoms with Gasteiger partial charge in [-0.05, 0) is 54.8 Å². The molecule has 0 saturated heterocycles. The van der Waals surface area contributed by atoms with Crippen LogP contribution in [0.4, 0.5) is 5.69 Å². The molecule has 0 bridgehead atoms. The third-order valence-electron chi connectivity index (χ3n) is 6.85. The molecule has 0 radical (unpaired) electrons. The third-order valence-corrected chi connectivity index (χ3v) is 6.85. The molecule has 2 heterocycles. The van der Waals surface area contributed by atoms with Crippen LogP contribution >= 0.6 is 0 Å². The first kappa shape index (κ1) is 22.3. The van der Waals surface area contributed by atoms with E-state index in [1.165, 1.54) is 4.90 Å². The average molecular weight is 464 g/mol. The Balaban J connectivity index is 0.00000289. The number of H-pyrrole nitrogens is 1. The molecule has 3 aromatic rings. The Labute approximate surface area is 201 Å². The normalized spacial score (nSPS) is 15.9. The lowest BCUT2D eigenvalue weighted by molar-refractivity contribution is -0.129. The van der Waals surface area contributed by atoms with E-state index < -0.39 is 5.41 Å². The Hall–Kier alpha value is -3.48. The lowest BCUT2D eigenvalue weighted by Gasteiger charge is -2.28. The van der Waals surface area contributed by atoms with Crippen LogP contribution in [0.1, 0.15) is 46.3 Å². The summed E-state index contributed by atoms with van der Waals surface area (Å²) in [7, 11) is 3.42. The Kier molecular flexibility index (Phi) is 5.11. The molecule has 180 valence electrons. The van der Waals surface area contributed by atoms with Gasteiger partial charge >= 0.3 is 0 Å². The molecule has 34 heavy (non-hydrogen) atoms. The molecule has 0 unspecified atom stereocenters. The molecule has 1 N–H and O–H groups in total. The molecular formula is C27H33N3O4. The first-order chi connectivity index (χ1) is 16.1. The maximum atomic E-state index is 14.1. The van der Waals surface area contributed by atoms with Gasteiger partial charge < -0.3 is 24.3 Å². The van der Waals surface area contributed by atoms with Gasteiger partial charge in [0.1, 0.15) is 6.54 Å². The minimum atomic E-state index is -0.656. The molecule has 1 aromatic heterocycles. The number of amides is 2. The van der Waals surface area contributed by atoms with Crippen molar-refractivity contribution in [3.8, 4) is 11.5 Å². The molecule has 1 aliphatic heterocycles. The number of benzene rings is 2. The number of aromatic amines is 1. The fourth-order valence-electron chi connectivity index (χ4n) is 4.45. The number of hydrogen-bond donors (Lipinski definition) is 1. The van der Waals surface area contributed by atoms with Crippen LogP contribution in [-0.4, -0.2) is 49.1 Å². The molecule has 0 spiro atoms. The zero-order chi connectivity index (χ0) is 24.3. The van der Waals surface area contributed by atoms with Gasteiger partial charge in [-0.1, -0.05) is 26.8 Å². The van der Waals surface area contributed by atoms with Crippen molar-refractivity contribution < 1.29 is 20.5 Å². The molecule has 0 atom stereocenters. The van der Waals surface area contributed by atoms with E-state index in [-0.39, 0.29) is 32.0 Å². The van der Waals surface area contributed by atoms with Crippen molar-refractivity contribution in [1.82, 2.24) is 9.88 Å². The first-order valence-corrected chi connectivity index (χ1v) is 11.6. The van der Waals surface area contributed by atoms with Crippen molar-refractivity contribution in [2.75, 3.05) is 32.3 Å². The maximum absolute atomic E-state index is 14.1. The van der Waals surface area contributed by atoms with Crippen LogP contribution in [0.3, 0.4) is 0 Å². The van der Waals surface area contributed by atoms with Gasteiger partial charge in [-0.15, -0.1) is 0 Å². The minimum Gasteiger partial charge on any atom is -0.454 e. The highest BCUT2D eigenvalue weighted by Crippen LogP contribution is 2.52. The summed E-state index contributed by atoms with van der Waals surface area (Å²) in [6.07, 6.45) is 1.47. The number of fused-ring (bicyclic) bond motifs is 2. The summed E-state index contributed by atoms with van der Waals surface area (Å²) in [5.74, 6) is 1.17. The molecule has 2 aromatic carbocycles. The van der Waals surface area contributed by atoms with Gasteiger partial charge in [-0.2, -0.15) is 0 Å². The van der Waals surface area contributed by atoms with Gasteiger partial charge in [0.25, 0.3) is 0 Å². The van der Waals surface area contributed by atoms with Gasteiger partial charge in [0, 0.05) is 43.2 Å². The highest BCUT2D eigenvalue weighted by Gasteiger charge is 2.54. The number of carbonyl (C=O) groups excluding carboxylic acids is 2. The van der Waals surface area contributed by atoms with Crippen molar-refractivity contribution in [2.45, 2.75) is 44.4 Å². The Morgan fingerprint density at radius 2 is 1.76 bits per heavy atom. The second-order valence-corrected chi connectivity index (χ2v) is 10.5. The Bertz CT molecular complexity index is 1290. The van der Waals surface area contributed by atoms with Gasteiger partial charge in [0.2, 0.25) is 18.6 Å². The number of anilines is 1. The molecule has 2 aliphatic rings. The Morgan fingerprint density at radius 3 is 2.44 bits per heavy atom. The van der Waals surface area contributed by atoms with Crippen molar-refractivity contribution in [2.24, 2.45) is 0 Å². The summed E-state index contributed by atoms with van der Waals surface area (Å²) in [5, 5.41) is 1.02. The van der Waals surface area contributed by atoms with Crippen LogP contribution in [0.15, 0.2) is 42.5 Å². The van der Waals surface area contributed by atoms with Crippen LogP contribution < -0.4 is 14.4 Å². The number of carbonyl (C=O) groups is 2. The summed E-state index contributed by atoms with van der Waals surface area (Å²) in [6, 6.07) is 13.7. The summed E-state index contributed by atoms with van der Waals surface area (Å²) in [6.45, 7) is 6.65. The molecule has 1 aliphatic carbocycles. The number of hydrogen-bond acceptors (Lipinski definition) is 4. The van der Waals surface area contributed by atoms with E-state index in [2.05, 4.69) is 31.8 Å². The van der Waals surface area contributed by atoms with Crippen LogP contribution in [0.2, 0.25) is 0 Å². The fraction of sp³-hybridized carbons (Fsp3) is 0.407. The van der Waals surface area contributed by atoms with Crippen molar-refractivity contribution in [3.63, 3.8) is 0 Å². The topological polar surface area (TPSA) is 74.9 Å².